The highest BCUT2D eigenvalue weighted by Crippen LogP contribution is 2.03. The van der Waals surface area contributed by atoms with Gasteiger partial charge in [-0.05, 0) is 12.2 Å². The summed E-state index contributed by atoms with van der Waals surface area (Å²) in [6.07, 6.45) is 1.14. The predicted molar refractivity (Wildman–Crippen MR) is 52.5 cm³/mol. The third kappa shape index (κ3) is 5.44. The van der Waals surface area contributed by atoms with Crippen LogP contribution in [0.15, 0.2) is 0 Å². The molecule has 0 aromatic carbocycles. The highest BCUT2D eigenvalue weighted by Gasteiger charge is 2.09. The fraction of sp³-hybridized carbons (Fsp3) is 0.857. The van der Waals surface area contributed by atoms with Gasteiger partial charge in [0.25, 0.3) is 0 Å². The average Bonchev–Trinajstić information content (AvgIpc) is 2.03. The topological polar surface area (TPSA) is 26.3 Å². The molecule has 0 saturated carbocycles. The van der Waals surface area contributed by atoms with E-state index in [1.165, 1.54) is 0 Å². The molecule has 0 amide bonds. The van der Waals surface area contributed by atoms with Gasteiger partial charge in [0.05, 0.1) is 0 Å². The van der Waals surface area contributed by atoms with Gasteiger partial charge in [-0.1, -0.05) is 6.92 Å². The van der Waals surface area contributed by atoms with Crippen LogP contribution < -0.4 is 0 Å². The Morgan fingerprint density at radius 2 is 2.18 bits per heavy atom. The van der Waals surface area contributed by atoms with Crippen LogP contribution in [0.25, 0.3) is 0 Å². The van der Waals surface area contributed by atoms with E-state index in [9.17, 15) is 4.79 Å². The first-order chi connectivity index (χ1) is 5.24. The van der Waals surface area contributed by atoms with Gasteiger partial charge < -0.3 is 4.74 Å². The lowest BCUT2D eigenvalue weighted by atomic mass is 10.3. The Bertz CT molecular complexity index is 117. The summed E-state index contributed by atoms with van der Waals surface area (Å²) in [5, 5.41) is 0. The molecule has 0 bridgehead atoms. The maximum atomic E-state index is 10.8. The summed E-state index contributed by atoms with van der Waals surface area (Å²) in [6.45, 7) is 1.78. The second kappa shape index (κ2) is 6.85. The minimum absolute atomic E-state index is 0.0664. The van der Waals surface area contributed by atoms with E-state index in [0.29, 0.717) is 12.2 Å². The molecule has 0 aliphatic carbocycles. The molecule has 11 heavy (non-hydrogen) atoms. The summed E-state index contributed by atoms with van der Waals surface area (Å²) in [7, 11) is 0. The number of hydrogen-bond donors (Lipinski definition) is 2. The Hall–Kier alpha value is 0.170. The Morgan fingerprint density at radius 1 is 1.55 bits per heavy atom. The molecule has 0 aliphatic rings. The van der Waals surface area contributed by atoms with Gasteiger partial charge in [-0.15, -0.1) is 0 Å². The molecule has 0 aromatic heterocycles. The zero-order valence-electron chi connectivity index (χ0n) is 6.62. The molecular weight excluding hydrogens is 180 g/mol. The summed E-state index contributed by atoms with van der Waals surface area (Å²) >= 11 is 8.09. The smallest absolute Gasteiger partial charge is 0.305 e. The van der Waals surface area contributed by atoms with Gasteiger partial charge in [-0.2, -0.15) is 25.3 Å². The van der Waals surface area contributed by atoms with Crippen LogP contribution in [0.2, 0.25) is 0 Å². The average molecular weight is 194 g/mol. The van der Waals surface area contributed by atoms with Crippen molar-refractivity contribution in [1.82, 2.24) is 0 Å². The summed E-state index contributed by atoms with van der Waals surface area (Å²) in [4.78, 5) is 10.8. The molecule has 0 saturated heterocycles. The summed E-state index contributed by atoms with van der Waals surface area (Å²) in [6, 6.07) is 0. The number of esters is 1. The van der Waals surface area contributed by atoms with E-state index in [0.717, 1.165) is 12.2 Å². The van der Waals surface area contributed by atoms with Gasteiger partial charge in [0, 0.05) is 12.2 Å². The molecule has 1 unspecified atom stereocenters. The highest BCUT2D eigenvalue weighted by atomic mass is 32.1. The summed E-state index contributed by atoms with van der Waals surface area (Å²) in [5.74, 6) is 1.14. The number of thiol groups is 2. The van der Waals surface area contributed by atoms with Crippen molar-refractivity contribution < 1.29 is 9.53 Å². The van der Waals surface area contributed by atoms with Gasteiger partial charge in [0.15, 0.2) is 0 Å². The highest BCUT2D eigenvalue weighted by molar-refractivity contribution is 7.80. The maximum Gasteiger partial charge on any atom is 0.305 e. The van der Waals surface area contributed by atoms with Crippen molar-refractivity contribution in [1.29, 1.82) is 0 Å². The van der Waals surface area contributed by atoms with Crippen molar-refractivity contribution in [2.75, 3.05) is 11.5 Å². The number of carbonyl (C=O) groups is 1. The summed E-state index contributed by atoms with van der Waals surface area (Å²) in [5.41, 5.74) is 0. The molecule has 0 rings (SSSR count). The van der Waals surface area contributed by atoms with Crippen LogP contribution in [0, 0.1) is 0 Å². The molecule has 66 valence electrons. The predicted octanol–water partition coefficient (Wildman–Crippen LogP) is 1.56. The largest absolute Gasteiger partial charge is 0.461 e. The van der Waals surface area contributed by atoms with E-state index in [1.54, 1.807) is 6.92 Å². The molecule has 0 heterocycles. The van der Waals surface area contributed by atoms with Crippen molar-refractivity contribution in [3.05, 3.63) is 0 Å². The van der Waals surface area contributed by atoms with E-state index in [4.69, 9.17) is 4.74 Å². The van der Waals surface area contributed by atoms with E-state index in [2.05, 4.69) is 25.3 Å². The van der Waals surface area contributed by atoms with Crippen LogP contribution in [0.3, 0.4) is 0 Å². The Labute approximate surface area is 78.5 Å². The first-order valence-electron chi connectivity index (χ1n) is 3.65. The second-order valence-corrected chi connectivity index (χ2v) is 2.97. The first kappa shape index (κ1) is 11.2. The minimum Gasteiger partial charge on any atom is -0.461 e. The minimum atomic E-state index is -0.161. The van der Waals surface area contributed by atoms with Crippen LogP contribution in [0.1, 0.15) is 19.8 Å². The van der Waals surface area contributed by atoms with Crippen LogP contribution in [-0.4, -0.2) is 23.6 Å². The Balaban J connectivity index is 3.58. The van der Waals surface area contributed by atoms with Crippen LogP contribution in [-0.2, 0) is 9.53 Å². The zero-order chi connectivity index (χ0) is 8.69. The van der Waals surface area contributed by atoms with Crippen molar-refractivity contribution in [3.63, 3.8) is 0 Å². The normalized spacial score (nSPS) is 12.6. The van der Waals surface area contributed by atoms with E-state index in [1.807, 2.05) is 0 Å². The maximum absolute atomic E-state index is 10.8. The van der Waals surface area contributed by atoms with Crippen molar-refractivity contribution >= 4 is 31.2 Å². The van der Waals surface area contributed by atoms with Crippen LogP contribution in [0.5, 0.6) is 0 Å². The third-order valence-electron chi connectivity index (χ3n) is 1.24. The SMILES string of the molecule is CCC(=O)OC(CS)CCS. The molecule has 2 nitrogen and oxygen atoms in total. The zero-order valence-corrected chi connectivity index (χ0v) is 8.41. The monoisotopic (exact) mass is 194 g/mol. The molecule has 0 aliphatic heterocycles. The van der Waals surface area contributed by atoms with Crippen molar-refractivity contribution in [2.45, 2.75) is 25.9 Å². The lowest BCUT2D eigenvalue weighted by Gasteiger charge is -2.13. The molecule has 1 atom stereocenters. The number of rotatable bonds is 5. The fourth-order valence-corrected chi connectivity index (χ4v) is 1.15. The lowest BCUT2D eigenvalue weighted by molar-refractivity contribution is -0.147. The molecule has 0 N–H and O–H groups in total. The second-order valence-electron chi connectivity index (χ2n) is 2.16. The first-order valence-corrected chi connectivity index (χ1v) is 4.92. The van der Waals surface area contributed by atoms with E-state index in [-0.39, 0.29) is 12.1 Å². The lowest BCUT2D eigenvalue weighted by Crippen LogP contribution is -2.19. The molecule has 0 spiro atoms. The fourth-order valence-electron chi connectivity index (χ4n) is 0.601. The van der Waals surface area contributed by atoms with Crippen molar-refractivity contribution in [3.8, 4) is 0 Å². The van der Waals surface area contributed by atoms with Gasteiger partial charge in [0.1, 0.15) is 6.10 Å². The van der Waals surface area contributed by atoms with Gasteiger partial charge in [-0.25, -0.2) is 0 Å². The molecule has 0 aromatic rings. The molecule has 0 fully saturated rings. The van der Waals surface area contributed by atoms with E-state index >= 15 is 0 Å². The molecule has 4 heteroatoms. The molecule has 0 radical (unpaired) electrons. The van der Waals surface area contributed by atoms with Gasteiger partial charge >= 0.3 is 5.97 Å². The number of hydrogen-bond acceptors (Lipinski definition) is 4. The molecular formula is C7H14O2S2. The van der Waals surface area contributed by atoms with Gasteiger partial charge in [0.2, 0.25) is 0 Å². The number of ether oxygens (including phenoxy) is 1. The Kier molecular flexibility index (Phi) is 6.96. The Morgan fingerprint density at radius 3 is 2.55 bits per heavy atom. The van der Waals surface area contributed by atoms with Gasteiger partial charge in [-0.3, -0.25) is 4.79 Å². The quantitative estimate of drug-likeness (QED) is 0.513. The standard InChI is InChI=1S/C7H14O2S2/c1-2-7(8)9-6(5-11)3-4-10/h6,10-11H,2-5H2,1H3. The van der Waals surface area contributed by atoms with Crippen LogP contribution in [0.4, 0.5) is 0 Å². The van der Waals surface area contributed by atoms with Crippen molar-refractivity contribution in [2.24, 2.45) is 0 Å². The number of carbonyl (C=O) groups excluding carboxylic acids is 1. The third-order valence-corrected chi connectivity index (χ3v) is 1.91. The summed E-state index contributed by atoms with van der Waals surface area (Å²) < 4.78 is 5.03. The van der Waals surface area contributed by atoms with E-state index < -0.39 is 0 Å². The van der Waals surface area contributed by atoms with Crippen LogP contribution >= 0.6 is 25.3 Å².